The van der Waals surface area contributed by atoms with Crippen molar-refractivity contribution in [3.63, 3.8) is 0 Å². The zero-order valence-electron chi connectivity index (χ0n) is 87.4. The zero-order chi connectivity index (χ0) is 105. The van der Waals surface area contributed by atoms with E-state index in [1.165, 1.54) is 51.1 Å². The van der Waals surface area contributed by atoms with Crippen molar-refractivity contribution < 1.29 is 67.7 Å². The molecule has 0 bridgehead atoms. The first-order valence-electron chi connectivity index (χ1n) is 50.8. The van der Waals surface area contributed by atoms with Gasteiger partial charge in [-0.05, 0) is 165 Å². The minimum atomic E-state index is -1.08. The van der Waals surface area contributed by atoms with Crippen molar-refractivity contribution in [2.45, 2.75) is 196 Å². The van der Waals surface area contributed by atoms with E-state index in [9.17, 15) is 67.7 Å². The molecule has 0 radical (unpaired) electrons. The van der Waals surface area contributed by atoms with Gasteiger partial charge in [0.25, 0.3) is 53.2 Å². The predicted molar refractivity (Wildman–Crippen MR) is 569 cm³/mol. The van der Waals surface area contributed by atoms with Crippen LogP contribution in [0.2, 0.25) is 0 Å². The molecule has 9 rings (SSSR count). The molecule has 8 N–H and O–H groups in total. The molecular weight excluding hydrogens is 1820 g/mol. The van der Waals surface area contributed by atoms with Crippen LogP contribution in [0.1, 0.15) is 254 Å². The normalized spacial score (nSPS) is 12.2. The fraction of sp³-hybridized carbons (Fsp3) is 0.426. The van der Waals surface area contributed by atoms with E-state index in [4.69, 9.17) is 0 Å². The summed E-state index contributed by atoms with van der Waals surface area (Å²) in [4.78, 5) is 170. The number of hydrogen-bond acceptors (Lipinski definition) is 17. The summed E-state index contributed by atoms with van der Waals surface area (Å²) < 4.78 is 0. The lowest BCUT2D eigenvalue weighted by atomic mass is 9.93. The molecule has 29 heteroatoms. The summed E-state index contributed by atoms with van der Waals surface area (Å²) >= 11 is 0. The second-order valence-corrected chi connectivity index (χ2v) is 37.2. The number of nitrogens with zero attached hydrogens (tertiary/aromatic N) is 9. The quantitative estimate of drug-likeness (QED) is 0.0164. The number of rotatable bonds is 54. The molecule has 0 aromatic heterocycles. The summed E-state index contributed by atoms with van der Waals surface area (Å²) in [7, 11) is 9.76. The third-order valence-corrected chi connectivity index (χ3v) is 24.0. The van der Waals surface area contributed by atoms with Gasteiger partial charge in [0, 0.05) is 177 Å². The minimum Gasteiger partial charge on any atom is -0.390 e. The lowest BCUT2D eigenvalue weighted by Crippen LogP contribution is -2.53. The van der Waals surface area contributed by atoms with Crippen molar-refractivity contribution in [3.8, 4) is 0 Å². The molecule has 0 aliphatic rings. The van der Waals surface area contributed by atoms with E-state index in [1.807, 2.05) is 242 Å². The highest BCUT2D eigenvalue weighted by Crippen LogP contribution is 2.24. The van der Waals surface area contributed by atoms with Crippen LogP contribution >= 0.6 is 0 Å². The van der Waals surface area contributed by atoms with Gasteiger partial charge < -0.3 is 55.6 Å². The van der Waals surface area contributed by atoms with E-state index in [1.54, 1.807) is 85.2 Å². The van der Waals surface area contributed by atoms with Crippen LogP contribution in [0.5, 0.6) is 0 Å². The van der Waals surface area contributed by atoms with Gasteiger partial charge in [0.15, 0.2) is 0 Å². The van der Waals surface area contributed by atoms with Crippen molar-refractivity contribution in [1.82, 2.24) is 76.7 Å². The second-order valence-electron chi connectivity index (χ2n) is 37.2. The third kappa shape index (κ3) is 39.6. The van der Waals surface area contributed by atoms with E-state index < -0.39 is 36.1 Å². The Morgan fingerprint density at radius 2 is 0.493 bits per heavy atom. The Morgan fingerprint density at radius 3 is 0.750 bits per heavy atom. The fourth-order valence-electron chi connectivity index (χ4n) is 16.7. The van der Waals surface area contributed by atoms with Gasteiger partial charge in [-0.2, -0.15) is 0 Å². The average Bonchev–Trinajstić information content (AvgIpc) is 0.812. The number of carbonyl (C=O) groups is 12. The van der Waals surface area contributed by atoms with Crippen LogP contribution in [0.15, 0.2) is 237 Å². The molecule has 0 saturated carbocycles. The molecule has 6 atom stereocenters. The topological polar surface area (TPSA) is 347 Å². The molecule has 774 valence electrons. The molecule has 6 unspecified atom stereocenters. The second kappa shape index (κ2) is 62.8. The molecule has 0 aliphatic carbocycles. The summed E-state index contributed by atoms with van der Waals surface area (Å²) in [6.45, 7) is 25.7. The lowest BCUT2D eigenvalue weighted by Gasteiger charge is -2.31. The van der Waals surface area contributed by atoms with Gasteiger partial charge >= 0.3 is 0 Å². The molecule has 0 aliphatic heterocycles. The predicted octanol–water partition coefficient (Wildman–Crippen LogP) is 14.3. The highest BCUT2D eigenvalue weighted by molar-refractivity contribution is 6.07. The fourth-order valence-corrected chi connectivity index (χ4v) is 16.7. The Bertz CT molecular complexity index is 5490. The van der Waals surface area contributed by atoms with E-state index in [0.717, 1.165) is 91.2 Å². The number of aliphatic hydroxyl groups is 2. The number of hydrazine groups is 3. The molecule has 9 aromatic carbocycles. The number of aliphatic hydroxyl groups excluding tert-OH is 2. The standard InChI is InChI=1S/C40H55N5O4.C38H51N5O5.C37H49N5O5/c1-7-10-23-45(42-37(46)25-32-19-15-12-16-20-32)29-30(4)36(24-31-17-13-11-14-18-31)41-38(47)33-26-34(39(48)43(5)6)28-35(27-33)40(49)44(21-8-2)22-9-3;1-6-19-42(20-7-2)38(48)32-25-30(24-31(26-32)37(47)41(4)5)36(46)39-33(22-28-15-11-9-12-16-28)34(44)27-43(21-8-3)40-35(45)23-29-17-13-10-14-18-29;1-6-19-41(20-7-2)37(47)31-24-29(23-30(25-31)36(46)40(4)5)35(45)38-32(21-27-15-11-9-12-16-27)33(43)26-42(8-3)39-34(44)22-28-17-13-10-14-18-28/h11-20,26-28,30,36H,7-10,21-25,29H2,1-6H3,(H,41,47)(H,42,46);9-18,24-26,33-34,44H,6-8,19-23,27H2,1-5H3,(H,39,46)(H,40,45);9-18,23-25,32-33,43H,6-8,19-22,26H2,1-5H3,(H,38,45)(H,39,44). The Labute approximate surface area is 853 Å². The van der Waals surface area contributed by atoms with Gasteiger partial charge in [-0.1, -0.05) is 258 Å². The molecule has 9 aromatic rings. The van der Waals surface area contributed by atoms with Crippen molar-refractivity contribution in [1.29, 1.82) is 0 Å². The molecule has 0 fully saturated rings. The number of amides is 12. The van der Waals surface area contributed by atoms with E-state index in [0.29, 0.717) is 90.3 Å². The van der Waals surface area contributed by atoms with Gasteiger partial charge in [-0.25, -0.2) is 15.0 Å². The average molecular weight is 1970 g/mol. The van der Waals surface area contributed by atoms with Crippen LogP contribution in [0.25, 0.3) is 0 Å². The van der Waals surface area contributed by atoms with E-state index >= 15 is 0 Å². The third-order valence-electron chi connectivity index (χ3n) is 24.0. The Kier molecular flexibility index (Phi) is 51.2. The number of benzene rings is 9. The molecule has 0 heterocycles. The molecule has 12 amide bonds. The maximum atomic E-state index is 14.1. The number of likely N-dealkylation sites (N-methyl/N-ethyl adjacent to an activating group) is 1. The molecule has 29 nitrogen and oxygen atoms in total. The SMILES string of the molecule is CCCCN(CC(C)C(Cc1ccccc1)NC(=O)c1cc(C(=O)N(C)C)cc(C(=O)N(CCC)CCC)c1)NC(=O)Cc1ccccc1.CCCN(CC(O)C(Cc1ccccc1)NC(=O)c1cc(C(=O)N(C)C)cc(C(=O)N(CCC)CCC)c1)NC(=O)Cc1ccccc1.CCCN(CCC)C(=O)c1cc(C(=O)NC(Cc2ccccc2)C(O)CN(CC)NC(=O)Cc2ccccc2)cc(C(=O)N(C)C)c1. The van der Waals surface area contributed by atoms with Gasteiger partial charge in [0.2, 0.25) is 17.7 Å². The number of hydrogen-bond donors (Lipinski definition) is 8. The Morgan fingerprint density at radius 1 is 0.264 bits per heavy atom. The summed E-state index contributed by atoms with van der Waals surface area (Å²) in [5, 5.41) is 37.6. The maximum absolute atomic E-state index is 14.1. The van der Waals surface area contributed by atoms with Crippen LogP contribution in [0.4, 0.5) is 0 Å². The van der Waals surface area contributed by atoms with Crippen molar-refractivity contribution in [2.75, 3.05) is 121 Å². The zero-order valence-corrected chi connectivity index (χ0v) is 87.4. The summed E-state index contributed by atoms with van der Waals surface area (Å²) in [6.07, 6.45) is 7.01. The first kappa shape index (κ1) is 117. The number of carbonyl (C=O) groups excluding carboxylic acids is 12. The maximum Gasteiger partial charge on any atom is 0.253 e. The Balaban J connectivity index is 0.000000293. The van der Waals surface area contributed by atoms with Gasteiger partial charge in [0.1, 0.15) is 0 Å². The van der Waals surface area contributed by atoms with Gasteiger partial charge in [-0.3, -0.25) is 73.8 Å². The van der Waals surface area contributed by atoms with E-state index in [-0.39, 0.29) is 148 Å². The molecule has 0 spiro atoms. The van der Waals surface area contributed by atoms with E-state index in [2.05, 4.69) is 46.1 Å². The summed E-state index contributed by atoms with van der Waals surface area (Å²) in [5.41, 5.74) is 16.6. The van der Waals surface area contributed by atoms with Crippen LogP contribution in [-0.2, 0) is 52.9 Å². The van der Waals surface area contributed by atoms with Crippen LogP contribution in [-0.4, -0.2) is 277 Å². The van der Waals surface area contributed by atoms with Gasteiger partial charge in [0.05, 0.1) is 43.6 Å². The summed E-state index contributed by atoms with van der Waals surface area (Å²) in [6, 6.07) is 69.4. The van der Waals surface area contributed by atoms with Crippen molar-refractivity contribution >= 4 is 70.9 Å². The summed E-state index contributed by atoms with van der Waals surface area (Å²) in [5.74, 6) is -3.63. The van der Waals surface area contributed by atoms with Gasteiger partial charge in [-0.15, -0.1) is 0 Å². The first-order valence-corrected chi connectivity index (χ1v) is 50.8. The van der Waals surface area contributed by atoms with Crippen LogP contribution < -0.4 is 32.2 Å². The monoisotopic (exact) mass is 1970 g/mol. The number of unbranched alkanes of at least 4 members (excludes halogenated alkanes) is 1. The van der Waals surface area contributed by atoms with Crippen molar-refractivity contribution in [2.24, 2.45) is 5.92 Å². The highest BCUT2D eigenvalue weighted by atomic mass is 16.3. The smallest absolute Gasteiger partial charge is 0.253 e. The molecule has 144 heavy (non-hydrogen) atoms. The molecular formula is C115H155N15O14. The Hall–Kier alpha value is -13.6. The number of nitrogens with one attached hydrogen (secondary N) is 6. The van der Waals surface area contributed by atoms with Crippen LogP contribution in [0.3, 0.4) is 0 Å². The minimum absolute atomic E-state index is 0.0562. The van der Waals surface area contributed by atoms with Crippen LogP contribution in [0, 0.1) is 5.92 Å². The van der Waals surface area contributed by atoms with Crippen molar-refractivity contribution in [3.05, 3.63) is 320 Å². The largest absolute Gasteiger partial charge is 0.390 e. The highest BCUT2D eigenvalue weighted by Gasteiger charge is 2.33. The first-order chi connectivity index (χ1) is 69.2. The molecule has 0 saturated heterocycles. The lowest BCUT2D eigenvalue weighted by molar-refractivity contribution is -0.126.